The Labute approximate surface area is 114 Å². The number of nitrogens with zero attached hydrogens (tertiary/aromatic N) is 1. The first-order valence-electron chi connectivity index (χ1n) is 6.35. The van der Waals surface area contributed by atoms with Gasteiger partial charge in [-0.25, -0.2) is 0 Å². The van der Waals surface area contributed by atoms with E-state index in [2.05, 4.69) is 11.8 Å². The van der Waals surface area contributed by atoms with Crippen LogP contribution in [0.5, 0.6) is 0 Å². The molecule has 0 unspecified atom stereocenters. The Kier molecular flexibility index (Phi) is 6.65. The number of carbonyl (C=O) groups excluding carboxylic acids is 1. The number of rotatable bonds is 6. The van der Waals surface area contributed by atoms with Gasteiger partial charge in [0.25, 0.3) is 0 Å². The molecule has 0 heterocycles. The largest absolute Gasteiger partial charge is 0.395 e. The second kappa shape index (κ2) is 8.30. The molecule has 19 heavy (non-hydrogen) atoms. The third-order valence-corrected chi connectivity index (χ3v) is 2.63. The van der Waals surface area contributed by atoms with Gasteiger partial charge in [0.2, 0.25) is 5.91 Å². The number of carbonyl (C=O) groups is 1. The summed E-state index contributed by atoms with van der Waals surface area (Å²) in [5.41, 5.74) is 7.22. The van der Waals surface area contributed by atoms with Crippen LogP contribution in [0.4, 0.5) is 0 Å². The van der Waals surface area contributed by atoms with Crippen molar-refractivity contribution in [1.29, 1.82) is 0 Å². The van der Waals surface area contributed by atoms with Crippen molar-refractivity contribution in [3.05, 3.63) is 35.4 Å². The number of amides is 1. The van der Waals surface area contributed by atoms with Crippen LogP contribution in [0, 0.1) is 11.8 Å². The summed E-state index contributed by atoms with van der Waals surface area (Å²) in [7, 11) is 0. The van der Waals surface area contributed by atoms with Gasteiger partial charge in [-0.05, 0) is 24.2 Å². The van der Waals surface area contributed by atoms with Gasteiger partial charge in [-0.15, -0.1) is 0 Å². The molecular weight excluding hydrogens is 240 g/mol. The summed E-state index contributed by atoms with van der Waals surface area (Å²) < 4.78 is 0. The Morgan fingerprint density at radius 1 is 1.47 bits per heavy atom. The molecule has 0 aliphatic rings. The van der Waals surface area contributed by atoms with Crippen LogP contribution in [0.15, 0.2) is 24.3 Å². The maximum absolute atomic E-state index is 10.9. The highest BCUT2D eigenvalue weighted by Gasteiger charge is 2.06. The topological polar surface area (TPSA) is 66.6 Å². The third kappa shape index (κ3) is 6.05. The smallest absolute Gasteiger partial charge is 0.231 e. The number of primary amides is 1. The normalized spacial score (nSPS) is 10.1. The summed E-state index contributed by atoms with van der Waals surface area (Å²) in [4.78, 5) is 12.9. The zero-order valence-electron chi connectivity index (χ0n) is 11.2. The van der Waals surface area contributed by atoms with Crippen molar-refractivity contribution in [2.75, 3.05) is 19.7 Å². The average molecular weight is 260 g/mol. The van der Waals surface area contributed by atoms with Crippen LogP contribution in [0.25, 0.3) is 0 Å². The van der Waals surface area contributed by atoms with Crippen LogP contribution < -0.4 is 5.73 Å². The Morgan fingerprint density at radius 2 is 2.26 bits per heavy atom. The van der Waals surface area contributed by atoms with E-state index in [0.29, 0.717) is 13.0 Å². The minimum absolute atomic E-state index is 0.0783. The van der Waals surface area contributed by atoms with Crippen molar-refractivity contribution >= 4 is 5.91 Å². The fourth-order valence-corrected chi connectivity index (χ4v) is 1.73. The van der Waals surface area contributed by atoms with Gasteiger partial charge in [-0.2, -0.15) is 0 Å². The molecule has 0 fully saturated rings. The van der Waals surface area contributed by atoms with E-state index >= 15 is 0 Å². The standard InChI is InChI=1S/C15H20N2O2/c1-2-17(12-15(16)19)11-14-8-5-7-13(10-14)6-3-4-9-18/h5,7-8,10,18H,2,4,9,11-12H2,1H3,(H2,16,19). The average Bonchev–Trinajstić information content (AvgIpc) is 2.38. The Morgan fingerprint density at radius 3 is 2.89 bits per heavy atom. The first kappa shape index (κ1) is 15.2. The molecule has 0 aliphatic carbocycles. The Bertz CT molecular complexity index is 475. The lowest BCUT2D eigenvalue weighted by molar-refractivity contribution is -0.119. The molecule has 1 aromatic rings. The molecule has 0 saturated carbocycles. The molecule has 0 bridgehead atoms. The number of likely N-dealkylation sites (N-methyl/N-ethyl adjacent to an activating group) is 1. The number of hydrogen-bond acceptors (Lipinski definition) is 3. The molecule has 0 spiro atoms. The number of nitrogens with two attached hydrogens (primary N) is 1. The number of benzene rings is 1. The predicted molar refractivity (Wildman–Crippen MR) is 75.2 cm³/mol. The molecule has 3 N–H and O–H groups in total. The van der Waals surface area contributed by atoms with Crippen LogP contribution in [-0.2, 0) is 11.3 Å². The van der Waals surface area contributed by atoms with Gasteiger partial charge in [0.05, 0.1) is 13.2 Å². The van der Waals surface area contributed by atoms with Crippen molar-refractivity contribution in [2.24, 2.45) is 5.73 Å². The van der Waals surface area contributed by atoms with Crippen molar-refractivity contribution < 1.29 is 9.90 Å². The highest BCUT2D eigenvalue weighted by molar-refractivity contribution is 5.75. The van der Waals surface area contributed by atoms with Gasteiger partial charge in [0.15, 0.2) is 0 Å². The van der Waals surface area contributed by atoms with E-state index in [4.69, 9.17) is 10.8 Å². The molecular formula is C15H20N2O2. The number of aliphatic hydroxyl groups excluding tert-OH is 1. The highest BCUT2D eigenvalue weighted by Crippen LogP contribution is 2.07. The monoisotopic (exact) mass is 260 g/mol. The Balaban J connectivity index is 2.71. The van der Waals surface area contributed by atoms with Gasteiger partial charge in [-0.3, -0.25) is 9.69 Å². The zero-order chi connectivity index (χ0) is 14.1. The molecule has 102 valence electrons. The molecule has 1 rings (SSSR count). The van der Waals surface area contributed by atoms with Gasteiger partial charge in [-0.1, -0.05) is 30.9 Å². The molecule has 4 nitrogen and oxygen atoms in total. The number of aliphatic hydroxyl groups is 1. The summed E-state index contributed by atoms with van der Waals surface area (Å²) >= 11 is 0. The third-order valence-electron chi connectivity index (χ3n) is 2.63. The van der Waals surface area contributed by atoms with E-state index in [1.165, 1.54) is 0 Å². The first-order chi connectivity index (χ1) is 9.15. The maximum atomic E-state index is 10.9. The van der Waals surface area contributed by atoms with E-state index in [1.807, 2.05) is 36.1 Å². The summed E-state index contributed by atoms with van der Waals surface area (Å²) in [6.45, 7) is 3.78. The molecule has 0 aliphatic heterocycles. The van der Waals surface area contributed by atoms with Gasteiger partial charge >= 0.3 is 0 Å². The van der Waals surface area contributed by atoms with Crippen molar-refractivity contribution in [3.8, 4) is 11.8 Å². The van der Waals surface area contributed by atoms with E-state index in [9.17, 15) is 4.79 Å². The number of hydrogen-bond donors (Lipinski definition) is 2. The molecule has 0 aromatic heterocycles. The Hall–Kier alpha value is -1.83. The summed E-state index contributed by atoms with van der Waals surface area (Å²) in [5.74, 6) is 5.57. The lowest BCUT2D eigenvalue weighted by Crippen LogP contribution is -2.33. The molecule has 0 radical (unpaired) electrons. The minimum atomic E-state index is -0.319. The second-order valence-corrected chi connectivity index (χ2v) is 4.25. The van der Waals surface area contributed by atoms with Gasteiger partial charge in [0.1, 0.15) is 0 Å². The minimum Gasteiger partial charge on any atom is -0.395 e. The van der Waals surface area contributed by atoms with Crippen LogP contribution in [-0.4, -0.2) is 35.6 Å². The van der Waals surface area contributed by atoms with Gasteiger partial charge < -0.3 is 10.8 Å². The molecule has 1 amide bonds. The fourth-order valence-electron chi connectivity index (χ4n) is 1.73. The van der Waals surface area contributed by atoms with Gasteiger partial charge in [0, 0.05) is 18.5 Å². The predicted octanol–water partition coefficient (Wildman–Crippen LogP) is 0.728. The zero-order valence-corrected chi connectivity index (χ0v) is 11.2. The van der Waals surface area contributed by atoms with E-state index < -0.39 is 0 Å². The van der Waals surface area contributed by atoms with E-state index in [0.717, 1.165) is 17.7 Å². The SMILES string of the molecule is CCN(CC(N)=O)Cc1cccc(C#CCCO)c1. The first-order valence-corrected chi connectivity index (χ1v) is 6.35. The molecule has 0 saturated heterocycles. The fraction of sp³-hybridized carbons (Fsp3) is 0.400. The maximum Gasteiger partial charge on any atom is 0.231 e. The molecule has 1 aromatic carbocycles. The molecule has 4 heteroatoms. The molecule has 0 atom stereocenters. The summed E-state index contributed by atoms with van der Waals surface area (Å²) in [6.07, 6.45) is 0.479. The lowest BCUT2D eigenvalue weighted by atomic mass is 10.1. The van der Waals surface area contributed by atoms with Crippen molar-refractivity contribution in [2.45, 2.75) is 19.9 Å². The van der Waals surface area contributed by atoms with Crippen LogP contribution in [0.2, 0.25) is 0 Å². The summed E-state index contributed by atoms with van der Waals surface area (Å²) in [5, 5.41) is 8.68. The van der Waals surface area contributed by atoms with Crippen LogP contribution in [0.1, 0.15) is 24.5 Å². The van der Waals surface area contributed by atoms with Crippen LogP contribution in [0.3, 0.4) is 0 Å². The van der Waals surface area contributed by atoms with Crippen LogP contribution >= 0.6 is 0 Å². The van der Waals surface area contributed by atoms with E-state index in [1.54, 1.807) is 0 Å². The van der Waals surface area contributed by atoms with Crippen molar-refractivity contribution in [3.63, 3.8) is 0 Å². The van der Waals surface area contributed by atoms with Crippen molar-refractivity contribution in [1.82, 2.24) is 4.90 Å². The quantitative estimate of drug-likeness (QED) is 0.741. The van der Waals surface area contributed by atoms with E-state index in [-0.39, 0.29) is 19.1 Å². The second-order valence-electron chi connectivity index (χ2n) is 4.25. The summed E-state index contributed by atoms with van der Waals surface area (Å²) in [6, 6.07) is 7.86. The lowest BCUT2D eigenvalue weighted by Gasteiger charge is -2.18. The highest BCUT2D eigenvalue weighted by atomic mass is 16.2.